The Morgan fingerprint density at radius 2 is 1.60 bits per heavy atom. The van der Waals surface area contributed by atoms with Crippen molar-refractivity contribution in [2.75, 3.05) is 43.1 Å². The third-order valence-electron chi connectivity index (χ3n) is 3.29. The van der Waals surface area contributed by atoms with Crippen LogP contribution in [0.2, 0.25) is 0 Å². The number of hydrogen-bond donors (Lipinski definition) is 0. The van der Waals surface area contributed by atoms with Crippen molar-refractivity contribution in [3.8, 4) is 5.88 Å². The average molecular weight is 272 g/mol. The molecule has 7 nitrogen and oxygen atoms in total. The van der Waals surface area contributed by atoms with Gasteiger partial charge in [-0.3, -0.25) is 9.97 Å². The zero-order chi connectivity index (χ0) is 13.8. The van der Waals surface area contributed by atoms with E-state index in [0.29, 0.717) is 5.88 Å². The number of anilines is 2. The molecule has 0 spiro atoms. The smallest absolute Gasteiger partial charge is 0.233 e. The Hall–Kier alpha value is -2.44. The van der Waals surface area contributed by atoms with E-state index < -0.39 is 0 Å². The summed E-state index contributed by atoms with van der Waals surface area (Å²) in [5.41, 5.74) is 0. The Morgan fingerprint density at radius 3 is 2.25 bits per heavy atom. The van der Waals surface area contributed by atoms with Crippen LogP contribution in [0.5, 0.6) is 5.88 Å². The predicted octanol–water partition coefficient (Wildman–Crippen LogP) is 0.602. The summed E-state index contributed by atoms with van der Waals surface area (Å²) in [6.45, 7) is 3.52. The third kappa shape index (κ3) is 2.61. The van der Waals surface area contributed by atoms with Gasteiger partial charge in [-0.15, -0.1) is 0 Å². The van der Waals surface area contributed by atoms with E-state index in [2.05, 4.69) is 29.7 Å². The lowest BCUT2D eigenvalue weighted by Gasteiger charge is -2.35. The van der Waals surface area contributed by atoms with E-state index in [9.17, 15) is 0 Å². The highest BCUT2D eigenvalue weighted by Crippen LogP contribution is 2.17. The van der Waals surface area contributed by atoms with Crippen LogP contribution in [-0.2, 0) is 0 Å². The van der Waals surface area contributed by atoms with Gasteiger partial charge in [0, 0.05) is 38.6 Å². The lowest BCUT2D eigenvalue weighted by atomic mass is 10.3. The van der Waals surface area contributed by atoms with Crippen molar-refractivity contribution >= 4 is 11.6 Å². The second-order valence-electron chi connectivity index (χ2n) is 4.46. The van der Waals surface area contributed by atoms with Crippen molar-refractivity contribution in [1.82, 2.24) is 19.9 Å². The highest BCUT2D eigenvalue weighted by atomic mass is 16.5. The largest absolute Gasteiger partial charge is 0.480 e. The van der Waals surface area contributed by atoms with E-state index >= 15 is 0 Å². The van der Waals surface area contributed by atoms with Gasteiger partial charge in [0.25, 0.3) is 0 Å². The Balaban J connectivity index is 1.66. The summed E-state index contributed by atoms with van der Waals surface area (Å²) in [5, 5.41) is 0. The lowest BCUT2D eigenvalue weighted by Crippen LogP contribution is -2.47. The van der Waals surface area contributed by atoms with Gasteiger partial charge in [-0.1, -0.05) is 0 Å². The summed E-state index contributed by atoms with van der Waals surface area (Å²) < 4.78 is 5.11. The first-order valence-corrected chi connectivity index (χ1v) is 6.49. The first-order valence-electron chi connectivity index (χ1n) is 6.49. The normalized spacial score (nSPS) is 15.2. The van der Waals surface area contributed by atoms with E-state index in [-0.39, 0.29) is 0 Å². The summed E-state index contributed by atoms with van der Waals surface area (Å²) >= 11 is 0. The van der Waals surface area contributed by atoms with Crippen LogP contribution >= 0.6 is 0 Å². The minimum Gasteiger partial charge on any atom is -0.480 e. The van der Waals surface area contributed by atoms with Gasteiger partial charge in [-0.25, -0.2) is 4.98 Å². The summed E-state index contributed by atoms with van der Waals surface area (Å²) in [7, 11) is 1.60. The molecule has 104 valence electrons. The predicted molar refractivity (Wildman–Crippen MR) is 75.0 cm³/mol. The number of rotatable bonds is 3. The molecule has 2 aromatic rings. The summed E-state index contributed by atoms with van der Waals surface area (Å²) in [6, 6.07) is 0. The zero-order valence-corrected chi connectivity index (χ0v) is 11.3. The molecule has 20 heavy (non-hydrogen) atoms. The van der Waals surface area contributed by atoms with Gasteiger partial charge in [0.05, 0.1) is 25.7 Å². The maximum absolute atomic E-state index is 5.11. The maximum Gasteiger partial charge on any atom is 0.233 e. The molecule has 1 saturated heterocycles. The molecule has 3 rings (SSSR count). The Kier molecular flexibility index (Phi) is 3.58. The molecule has 0 bridgehead atoms. The second kappa shape index (κ2) is 5.68. The van der Waals surface area contributed by atoms with Gasteiger partial charge < -0.3 is 14.5 Å². The second-order valence-corrected chi connectivity index (χ2v) is 4.46. The van der Waals surface area contributed by atoms with Crippen molar-refractivity contribution in [2.45, 2.75) is 0 Å². The molecule has 2 aromatic heterocycles. The van der Waals surface area contributed by atoms with E-state index in [1.54, 1.807) is 38.1 Å². The van der Waals surface area contributed by atoms with Gasteiger partial charge in [0.1, 0.15) is 5.82 Å². The molecule has 1 aliphatic rings. The minimum absolute atomic E-state index is 0.541. The molecule has 0 saturated carbocycles. The average Bonchev–Trinajstić information content (AvgIpc) is 2.56. The monoisotopic (exact) mass is 272 g/mol. The van der Waals surface area contributed by atoms with Crippen molar-refractivity contribution in [3.05, 3.63) is 31.0 Å². The first-order chi connectivity index (χ1) is 9.86. The highest BCUT2D eigenvalue weighted by molar-refractivity contribution is 5.43. The molecule has 0 aliphatic carbocycles. The van der Waals surface area contributed by atoms with Crippen LogP contribution in [0.15, 0.2) is 31.0 Å². The van der Waals surface area contributed by atoms with Gasteiger partial charge in [-0.2, -0.15) is 4.98 Å². The fraction of sp³-hybridized carbons (Fsp3) is 0.385. The van der Waals surface area contributed by atoms with E-state index in [4.69, 9.17) is 4.74 Å². The fourth-order valence-electron chi connectivity index (χ4n) is 2.21. The van der Waals surface area contributed by atoms with Crippen LogP contribution in [0.4, 0.5) is 11.6 Å². The number of piperazine rings is 1. The molecule has 0 amide bonds. The molecule has 3 heterocycles. The maximum atomic E-state index is 5.11. The number of nitrogens with zero attached hydrogens (tertiary/aromatic N) is 6. The number of ether oxygens (including phenoxy) is 1. The van der Waals surface area contributed by atoms with Crippen molar-refractivity contribution in [2.24, 2.45) is 0 Å². The van der Waals surface area contributed by atoms with Gasteiger partial charge >= 0.3 is 0 Å². The van der Waals surface area contributed by atoms with E-state index in [1.165, 1.54) is 0 Å². The third-order valence-corrected chi connectivity index (χ3v) is 3.29. The Bertz CT molecular complexity index is 556. The van der Waals surface area contributed by atoms with Crippen molar-refractivity contribution in [1.29, 1.82) is 0 Å². The molecular weight excluding hydrogens is 256 g/mol. The molecule has 0 N–H and O–H groups in total. The number of hydrogen-bond acceptors (Lipinski definition) is 7. The van der Waals surface area contributed by atoms with E-state index in [1.807, 2.05) is 0 Å². The molecule has 0 aromatic carbocycles. The first kappa shape index (κ1) is 12.6. The lowest BCUT2D eigenvalue weighted by molar-refractivity contribution is 0.395. The van der Waals surface area contributed by atoms with Crippen LogP contribution < -0.4 is 14.5 Å². The molecule has 1 fully saturated rings. The van der Waals surface area contributed by atoms with Gasteiger partial charge in [0.2, 0.25) is 5.88 Å². The fourth-order valence-corrected chi connectivity index (χ4v) is 2.21. The zero-order valence-electron chi connectivity index (χ0n) is 11.3. The molecule has 0 radical (unpaired) electrons. The van der Waals surface area contributed by atoms with Crippen LogP contribution in [0, 0.1) is 0 Å². The van der Waals surface area contributed by atoms with Crippen LogP contribution in [-0.4, -0.2) is 53.2 Å². The topological polar surface area (TPSA) is 67.3 Å². The van der Waals surface area contributed by atoms with Gasteiger partial charge in [-0.05, 0) is 0 Å². The SMILES string of the molecule is COc1cncc(N2CCN(c3cnccn3)CC2)n1. The molecule has 0 atom stereocenters. The molecular formula is C13H16N6O. The molecule has 7 heteroatoms. The van der Waals surface area contributed by atoms with Crippen molar-refractivity contribution < 1.29 is 4.74 Å². The molecule has 0 unspecified atom stereocenters. The van der Waals surface area contributed by atoms with Crippen LogP contribution in [0.3, 0.4) is 0 Å². The van der Waals surface area contributed by atoms with Crippen LogP contribution in [0.1, 0.15) is 0 Å². The van der Waals surface area contributed by atoms with Gasteiger partial charge in [0.15, 0.2) is 5.82 Å². The van der Waals surface area contributed by atoms with Crippen LogP contribution in [0.25, 0.3) is 0 Å². The summed E-state index contributed by atoms with van der Waals surface area (Å²) in [4.78, 5) is 21.4. The van der Waals surface area contributed by atoms with E-state index in [0.717, 1.165) is 37.8 Å². The Labute approximate surface area is 117 Å². The highest BCUT2D eigenvalue weighted by Gasteiger charge is 2.19. The quantitative estimate of drug-likeness (QED) is 0.810. The standard InChI is InChI=1S/C13H16N6O/c1-20-13-10-15-9-12(17-13)19-6-4-18(5-7-19)11-8-14-2-3-16-11/h2-3,8-10H,4-7H2,1H3. The Morgan fingerprint density at radius 1 is 0.900 bits per heavy atom. The molecule has 1 aliphatic heterocycles. The van der Waals surface area contributed by atoms with Crippen molar-refractivity contribution in [3.63, 3.8) is 0 Å². The number of aromatic nitrogens is 4. The summed E-state index contributed by atoms with van der Waals surface area (Å²) in [6.07, 6.45) is 8.57. The number of methoxy groups -OCH3 is 1. The summed E-state index contributed by atoms with van der Waals surface area (Å²) in [5.74, 6) is 2.31. The minimum atomic E-state index is 0.541.